The van der Waals surface area contributed by atoms with Crippen molar-refractivity contribution in [3.63, 3.8) is 0 Å². The molecule has 1 fully saturated rings. The highest BCUT2D eigenvalue weighted by molar-refractivity contribution is 7.92. The number of likely N-dealkylation sites (N-methyl/N-ethyl adjacent to an activating group) is 1. The van der Waals surface area contributed by atoms with Crippen molar-refractivity contribution < 1.29 is 8.42 Å². The average molecular weight is 309 g/mol. The van der Waals surface area contributed by atoms with Gasteiger partial charge in [-0.3, -0.25) is 0 Å². The predicted octanol–water partition coefficient (Wildman–Crippen LogP) is 2.91. The molecule has 1 aromatic rings. The lowest BCUT2D eigenvalue weighted by molar-refractivity contribution is 0.456. The second kappa shape index (κ2) is 6.93. The first-order valence-electron chi connectivity index (χ1n) is 7.91. The average Bonchev–Trinajstić information content (AvgIpc) is 2.45. The molecule has 0 spiro atoms. The topological polar surface area (TPSA) is 46.2 Å². The van der Waals surface area contributed by atoms with Gasteiger partial charge in [-0.2, -0.15) is 0 Å². The first-order valence-corrected chi connectivity index (χ1v) is 9.63. The molecule has 1 saturated heterocycles. The van der Waals surface area contributed by atoms with Crippen molar-refractivity contribution in [1.29, 1.82) is 0 Å². The Balaban J connectivity index is 2.11. The van der Waals surface area contributed by atoms with Crippen LogP contribution in [0.25, 0.3) is 0 Å². The van der Waals surface area contributed by atoms with E-state index in [2.05, 4.69) is 43.4 Å². The van der Waals surface area contributed by atoms with E-state index in [9.17, 15) is 8.42 Å². The lowest BCUT2D eigenvalue weighted by Gasteiger charge is -2.30. The summed E-state index contributed by atoms with van der Waals surface area (Å²) in [5.41, 5.74) is 2.53. The standard InChI is InChI=1S/C17H27NO2S/c1-13(2)15-9-7-14(8-10-15)12-16(18-3)17-6-4-5-11-21(17,19)20/h7-10,13,16-18H,4-6,11-12H2,1-3H3. The fourth-order valence-electron chi connectivity index (χ4n) is 3.14. The van der Waals surface area contributed by atoms with Crippen molar-refractivity contribution in [2.45, 2.75) is 56.7 Å². The maximum atomic E-state index is 12.3. The highest BCUT2D eigenvalue weighted by Gasteiger charge is 2.34. The monoisotopic (exact) mass is 309 g/mol. The molecule has 1 aromatic carbocycles. The van der Waals surface area contributed by atoms with E-state index in [0.29, 0.717) is 11.7 Å². The van der Waals surface area contributed by atoms with Crippen LogP contribution in [-0.4, -0.2) is 32.5 Å². The molecule has 4 heteroatoms. The van der Waals surface area contributed by atoms with Crippen molar-refractivity contribution in [3.8, 4) is 0 Å². The molecule has 118 valence electrons. The summed E-state index contributed by atoms with van der Waals surface area (Å²) in [6.45, 7) is 4.36. The minimum atomic E-state index is -2.94. The molecule has 0 aliphatic carbocycles. The number of rotatable bonds is 5. The van der Waals surface area contributed by atoms with Gasteiger partial charge in [-0.15, -0.1) is 0 Å². The molecule has 1 aliphatic rings. The number of benzene rings is 1. The van der Waals surface area contributed by atoms with Crippen LogP contribution in [0.2, 0.25) is 0 Å². The van der Waals surface area contributed by atoms with Crippen LogP contribution in [-0.2, 0) is 16.3 Å². The molecular formula is C17H27NO2S. The molecule has 1 heterocycles. The zero-order valence-electron chi connectivity index (χ0n) is 13.3. The van der Waals surface area contributed by atoms with E-state index in [-0.39, 0.29) is 11.3 Å². The van der Waals surface area contributed by atoms with Gasteiger partial charge < -0.3 is 5.32 Å². The fourth-order valence-corrected chi connectivity index (χ4v) is 5.31. The van der Waals surface area contributed by atoms with Crippen LogP contribution < -0.4 is 5.32 Å². The Bertz CT molecular complexity index is 549. The van der Waals surface area contributed by atoms with Crippen molar-refractivity contribution in [3.05, 3.63) is 35.4 Å². The maximum absolute atomic E-state index is 12.3. The first kappa shape index (κ1) is 16.5. The minimum Gasteiger partial charge on any atom is -0.315 e. The Hall–Kier alpha value is -0.870. The molecule has 1 N–H and O–H groups in total. The van der Waals surface area contributed by atoms with Crippen molar-refractivity contribution in [2.75, 3.05) is 12.8 Å². The molecular weight excluding hydrogens is 282 g/mol. The summed E-state index contributed by atoms with van der Waals surface area (Å²) in [4.78, 5) is 0. The predicted molar refractivity (Wildman–Crippen MR) is 88.5 cm³/mol. The highest BCUT2D eigenvalue weighted by atomic mass is 32.2. The van der Waals surface area contributed by atoms with Gasteiger partial charge in [0.25, 0.3) is 0 Å². The Labute approximate surface area is 129 Å². The molecule has 2 rings (SSSR count). The molecule has 0 bridgehead atoms. The Morgan fingerprint density at radius 1 is 1.19 bits per heavy atom. The third kappa shape index (κ3) is 4.07. The molecule has 2 atom stereocenters. The molecule has 21 heavy (non-hydrogen) atoms. The smallest absolute Gasteiger partial charge is 0.154 e. The second-order valence-corrected chi connectivity index (χ2v) is 8.74. The molecule has 0 radical (unpaired) electrons. The van der Waals surface area contributed by atoms with E-state index < -0.39 is 9.84 Å². The van der Waals surface area contributed by atoms with Crippen LogP contribution in [0, 0.1) is 0 Å². The summed E-state index contributed by atoms with van der Waals surface area (Å²) >= 11 is 0. The van der Waals surface area contributed by atoms with Gasteiger partial charge in [-0.1, -0.05) is 44.5 Å². The van der Waals surface area contributed by atoms with E-state index in [1.807, 2.05) is 7.05 Å². The van der Waals surface area contributed by atoms with Crippen LogP contribution in [0.3, 0.4) is 0 Å². The van der Waals surface area contributed by atoms with Crippen molar-refractivity contribution in [2.24, 2.45) is 0 Å². The van der Waals surface area contributed by atoms with Gasteiger partial charge in [-0.25, -0.2) is 8.42 Å². The summed E-state index contributed by atoms with van der Waals surface area (Å²) in [6.07, 6.45) is 3.41. The molecule has 0 saturated carbocycles. The van der Waals surface area contributed by atoms with Crippen molar-refractivity contribution >= 4 is 9.84 Å². The van der Waals surface area contributed by atoms with Gasteiger partial charge in [0.1, 0.15) is 0 Å². The Kier molecular flexibility index (Phi) is 5.44. The van der Waals surface area contributed by atoms with Crippen LogP contribution in [0.5, 0.6) is 0 Å². The quantitative estimate of drug-likeness (QED) is 0.909. The van der Waals surface area contributed by atoms with E-state index in [1.54, 1.807) is 0 Å². The Morgan fingerprint density at radius 3 is 2.38 bits per heavy atom. The van der Waals surface area contributed by atoms with E-state index in [0.717, 1.165) is 25.7 Å². The highest BCUT2D eigenvalue weighted by Crippen LogP contribution is 2.24. The number of sulfone groups is 1. The van der Waals surface area contributed by atoms with Crippen LogP contribution >= 0.6 is 0 Å². The first-order chi connectivity index (χ1) is 9.94. The summed E-state index contributed by atoms with van der Waals surface area (Å²) in [5.74, 6) is 0.875. The van der Waals surface area contributed by atoms with Crippen molar-refractivity contribution in [1.82, 2.24) is 5.32 Å². The van der Waals surface area contributed by atoms with E-state index in [4.69, 9.17) is 0 Å². The van der Waals surface area contributed by atoms with E-state index >= 15 is 0 Å². The Morgan fingerprint density at radius 2 is 1.86 bits per heavy atom. The van der Waals surface area contributed by atoms with Gasteiger partial charge in [0, 0.05) is 6.04 Å². The third-order valence-corrected chi connectivity index (χ3v) is 6.89. The molecule has 0 amide bonds. The summed E-state index contributed by atoms with van der Waals surface area (Å²) in [5, 5.41) is 3.00. The maximum Gasteiger partial charge on any atom is 0.154 e. The molecule has 2 unspecified atom stereocenters. The van der Waals surface area contributed by atoms with Gasteiger partial charge in [0.2, 0.25) is 0 Å². The van der Waals surface area contributed by atoms with Gasteiger partial charge in [0.05, 0.1) is 11.0 Å². The molecule has 1 aliphatic heterocycles. The van der Waals surface area contributed by atoms with Gasteiger partial charge in [-0.05, 0) is 43.4 Å². The summed E-state index contributed by atoms with van der Waals surface area (Å²) in [7, 11) is -1.07. The SMILES string of the molecule is CNC(Cc1ccc(C(C)C)cc1)C1CCCCS1(=O)=O. The molecule has 0 aromatic heterocycles. The normalized spacial score (nSPS) is 23.1. The van der Waals surface area contributed by atoms with Crippen LogP contribution in [0.15, 0.2) is 24.3 Å². The third-order valence-electron chi connectivity index (χ3n) is 4.55. The lowest BCUT2D eigenvalue weighted by Crippen LogP contribution is -2.46. The summed E-state index contributed by atoms with van der Waals surface area (Å²) < 4.78 is 24.6. The number of nitrogens with one attached hydrogen (secondary N) is 1. The number of hydrogen-bond acceptors (Lipinski definition) is 3. The van der Waals surface area contributed by atoms with Crippen LogP contribution in [0.4, 0.5) is 0 Å². The zero-order valence-corrected chi connectivity index (χ0v) is 14.1. The minimum absolute atomic E-state index is 0.0141. The fraction of sp³-hybridized carbons (Fsp3) is 0.647. The summed E-state index contributed by atoms with van der Waals surface area (Å²) in [6, 6.07) is 8.59. The van der Waals surface area contributed by atoms with Crippen LogP contribution in [0.1, 0.15) is 50.2 Å². The molecule has 3 nitrogen and oxygen atoms in total. The largest absolute Gasteiger partial charge is 0.315 e. The number of hydrogen-bond donors (Lipinski definition) is 1. The van der Waals surface area contributed by atoms with Gasteiger partial charge in [0.15, 0.2) is 9.84 Å². The second-order valence-electron chi connectivity index (χ2n) is 6.40. The van der Waals surface area contributed by atoms with Gasteiger partial charge >= 0.3 is 0 Å². The van der Waals surface area contributed by atoms with E-state index in [1.165, 1.54) is 11.1 Å². The lowest BCUT2D eigenvalue weighted by atomic mass is 9.96. The zero-order chi connectivity index (χ0) is 15.5.